The lowest BCUT2D eigenvalue weighted by Crippen LogP contribution is -2.11. The SMILES string of the molecule is Cc1ccc(S(=O)(=O)OOCCC(C)O)cc1. The number of aryl methyl sites for hydroxylation is 1. The van der Waals surface area contributed by atoms with E-state index in [1.807, 2.05) is 6.92 Å². The van der Waals surface area contributed by atoms with E-state index < -0.39 is 16.2 Å². The van der Waals surface area contributed by atoms with Gasteiger partial charge in [0, 0.05) is 0 Å². The van der Waals surface area contributed by atoms with E-state index in [2.05, 4.69) is 9.22 Å². The maximum atomic E-state index is 11.6. The van der Waals surface area contributed by atoms with Crippen LogP contribution in [-0.2, 0) is 19.3 Å². The van der Waals surface area contributed by atoms with Gasteiger partial charge in [-0.1, -0.05) is 17.7 Å². The minimum atomic E-state index is -3.88. The van der Waals surface area contributed by atoms with Crippen LogP contribution in [0.2, 0.25) is 0 Å². The first-order chi connectivity index (χ1) is 7.92. The van der Waals surface area contributed by atoms with E-state index >= 15 is 0 Å². The van der Waals surface area contributed by atoms with Gasteiger partial charge in [0.2, 0.25) is 0 Å². The second kappa shape index (κ2) is 6.11. The summed E-state index contributed by atoms with van der Waals surface area (Å²) < 4.78 is 27.5. The molecule has 0 aromatic heterocycles. The van der Waals surface area contributed by atoms with Crippen LogP contribution in [0, 0.1) is 6.92 Å². The average Bonchev–Trinajstić information content (AvgIpc) is 2.25. The van der Waals surface area contributed by atoms with Gasteiger partial charge in [0.05, 0.1) is 17.6 Å². The van der Waals surface area contributed by atoms with Gasteiger partial charge in [-0.2, -0.15) is 8.42 Å². The molecule has 1 aromatic rings. The fourth-order valence-corrected chi connectivity index (χ4v) is 1.80. The first kappa shape index (κ1) is 14.1. The van der Waals surface area contributed by atoms with Crippen molar-refractivity contribution in [1.29, 1.82) is 0 Å². The fraction of sp³-hybridized carbons (Fsp3) is 0.455. The molecule has 96 valence electrons. The molecule has 1 unspecified atom stereocenters. The summed E-state index contributed by atoms with van der Waals surface area (Å²) in [6.45, 7) is 3.46. The van der Waals surface area contributed by atoms with Crippen LogP contribution in [0.15, 0.2) is 29.2 Å². The zero-order valence-electron chi connectivity index (χ0n) is 9.79. The lowest BCUT2D eigenvalue weighted by Gasteiger charge is -2.06. The first-order valence-electron chi connectivity index (χ1n) is 5.22. The summed E-state index contributed by atoms with van der Waals surface area (Å²) in [6.07, 6.45) is -0.246. The van der Waals surface area contributed by atoms with Crippen molar-refractivity contribution in [2.24, 2.45) is 0 Å². The highest BCUT2D eigenvalue weighted by Crippen LogP contribution is 2.13. The van der Waals surface area contributed by atoms with E-state index in [-0.39, 0.29) is 11.5 Å². The van der Waals surface area contributed by atoms with Crippen LogP contribution in [0.4, 0.5) is 0 Å². The quantitative estimate of drug-likeness (QED) is 0.475. The highest BCUT2D eigenvalue weighted by Gasteiger charge is 2.16. The number of hydrogen-bond acceptors (Lipinski definition) is 5. The van der Waals surface area contributed by atoms with Crippen LogP contribution in [-0.4, -0.2) is 26.2 Å². The Morgan fingerprint density at radius 1 is 1.29 bits per heavy atom. The molecular weight excluding hydrogens is 244 g/mol. The Kier molecular flexibility index (Phi) is 5.07. The van der Waals surface area contributed by atoms with Crippen LogP contribution >= 0.6 is 0 Å². The third kappa shape index (κ3) is 4.82. The van der Waals surface area contributed by atoms with E-state index in [1.54, 1.807) is 19.1 Å². The van der Waals surface area contributed by atoms with Crippen LogP contribution < -0.4 is 0 Å². The Morgan fingerprint density at radius 2 is 1.88 bits per heavy atom. The largest absolute Gasteiger partial charge is 0.393 e. The van der Waals surface area contributed by atoms with Crippen molar-refractivity contribution >= 4 is 10.1 Å². The van der Waals surface area contributed by atoms with E-state index in [0.717, 1.165) is 5.56 Å². The lowest BCUT2D eigenvalue weighted by molar-refractivity contribution is -0.205. The predicted molar refractivity (Wildman–Crippen MR) is 61.7 cm³/mol. The summed E-state index contributed by atoms with van der Waals surface area (Å²) in [5.74, 6) is 0. The topological polar surface area (TPSA) is 72.8 Å². The van der Waals surface area contributed by atoms with Gasteiger partial charge >= 0.3 is 10.1 Å². The molecule has 0 aliphatic rings. The molecule has 0 spiro atoms. The lowest BCUT2D eigenvalue weighted by atomic mass is 10.2. The molecule has 0 saturated heterocycles. The monoisotopic (exact) mass is 260 g/mol. The van der Waals surface area contributed by atoms with E-state index in [1.165, 1.54) is 12.1 Å². The van der Waals surface area contributed by atoms with Gasteiger partial charge in [-0.25, -0.2) is 4.89 Å². The number of aliphatic hydroxyl groups excluding tert-OH is 1. The zero-order chi connectivity index (χ0) is 12.9. The maximum Gasteiger partial charge on any atom is 0.323 e. The number of hydrogen-bond donors (Lipinski definition) is 1. The molecule has 5 nitrogen and oxygen atoms in total. The van der Waals surface area contributed by atoms with Gasteiger partial charge in [-0.05, 0) is 32.4 Å². The second-order valence-electron chi connectivity index (χ2n) is 3.79. The van der Waals surface area contributed by atoms with Crippen LogP contribution in [0.25, 0.3) is 0 Å². The molecule has 0 bridgehead atoms. The average molecular weight is 260 g/mol. The maximum absolute atomic E-state index is 11.6. The van der Waals surface area contributed by atoms with Crippen molar-refractivity contribution in [2.75, 3.05) is 6.61 Å². The molecular formula is C11H16O5S. The molecule has 1 atom stereocenters. The van der Waals surface area contributed by atoms with Gasteiger partial charge < -0.3 is 5.11 Å². The van der Waals surface area contributed by atoms with Crippen molar-refractivity contribution in [1.82, 2.24) is 0 Å². The summed E-state index contributed by atoms with van der Waals surface area (Å²) in [6, 6.07) is 6.24. The number of benzene rings is 1. The molecule has 0 fully saturated rings. The molecule has 6 heteroatoms. The summed E-state index contributed by atoms with van der Waals surface area (Å²) in [7, 11) is -3.88. The highest BCUT2D eigenvalue weighted by atomic mass is 32.2. The summed E-state index contributed by atoms with van der Waals surface area (Å²) in [5, 5.41) is 8.94. The molecule has 0 amide bonds. The Morgan fingerprint density at radius 3 is 2.41 bits per heavy atom. The number of aliphatic hydroxyl groups is 1. The van der Waals surface area contributed by atoms with Gasteiger partial charge in [-0.3, -0.25) is 0 Å². The van der Waals surface area contributed by atoms with E-state index in [9.17, 15) is 8.42 Å². The summed E-state index contributed by atoms with van der Waals surface area (Å²) in [4.78, 5) is 4.59. The minimum Gasteiger partial charge on any atom is -0.393 e. The Balaban J connectivity index is 2.54. The summed E-state index contributed by atoms with van der Waals surface area (Å²) in [5.41, 5.74) is 0.957. The van der Waals surface area contributed by atoms with Crippen LogP contribution in [0.3, 0.4) is 0 Å². The third-order valence-corrected chi connectivity index (χ3v) is 3.19. The molecule has 1 N–H and O–H groups in total. The van der Waals surface area contributed by atoms with Crippen molar-refractivity contribution < 1.29 is 22.7 Å². The van der Waals surface area contributed by atoms with Crippen molar-refractivity contribution in [3.8, 4) is 0 Å². The smallest absolute Gasteiger partial charge is 0.323 e. The highest BCUT2D eigenvalue weighted by molar-refractivity contribution is 7.86. The van der Waals surface area contributed by atoms with Crippen LogP contribution in [0.1, 0.15) is 18.9 Å². The molecule has 1 aromatic carbocycles. The van der Waals surface area contributed by atoms with Gasteiger partial charge in [-0.15, -0.1) is 4.33 Å². The molecule has 17 heavy (non-hydrogen) atoms. The van der Waals surface area contributed by atoms with Crippen molar-refractivity contribution in [3.05, 3.63) is 29.8 Å². The molecule has 1 rings (SSSR count). The minimum absolute atomic E-state index is 0.0166. The first-order valence-corrected chi connectivity index (χ1v) is 6.63. The standard InChI is InChI=1S/C11H16O5S/c1-9-3-5-11(6-4-9)17(13,14)16-15-8-7-10(2)12/h3-6,10,12H,7-8H2,1-2H3. The fourth-order valence-electron chi connectivity index (χ4n) is 1.06. The Hall–Kier alpha value is -0.950. The normalized spacial score (nSPS) is 13.6. The third-order valence-electron chi connectivity index (χ3n) is 2.07. The van der Waals surface area contributed by atoms with Gasteiger partial charge in [0.15, 0.2) is 0 Å². The van der Waals surface area contributed by atoms with Crippen molar-refractivity contribution in [3.63, 3.8) is 0 Å². The summed E-state index contributed by atoms with van der Waals surface area (Å²) >= 11 is 0. The van der Waals surface area contributed by atoms with Gasteiger partial charge in [0.1, 0.15) is 0 Å². The molecule has 0 saturated carbocycles. The number of rotatable bonds is 6. The Labute approximate surface area is 101 Å². The Bertz CT molecular complexity index is 435. The molecule has 0 heterocycles. The molecule has 0 radical (unpaired) electrons. The van der Waals surface area contributed by atoms with Gasteiger partial charge in [0.25, 0.3) is 0 Å². The van der Waals surface area contributed by atoms with Crippen molar-refractivity contribution in [2.45, 2.75) is 31.3 Å². The second-order valence-corrected chi connectivity index (χ2v) is 5.31. The zero-order valence-corrected chi connectivity index (χ0v) is 10.6. The van der Waals surface area contributed by atoms with E-state index in [0.29, 0.717) is 6.42 Å². The molecule has 0 aliphatic heterocycles. The van der Waals surface area contributed by atoms with E-state index in [4.69, 9.17) is 5.11 Å². The predicted octanol–water partition coefficient (Wildman–Crippen LogP) is 1.40. The van der Waals surface area contributed by atoms with Crippen LogP contribution in [0.5, 0.6) is 0 Å². The molecule has 0 aliphatic carbocycles.